The van der Waals surface area contributed by atoms with Gasteiger partial charge in [0.15, 0.2) is 0 Å². The van der Waals surface area contributed by atoms with Crippen LogP contribution in [0.3, 0.4) is 0 Å². The first-order valence-electron chi connectivity index (χ1n) is 7.94. The van der Waals surface area contributed by atoms with Crippen molar-refractivity contribution in [1.82, 2.24) is 4.90 Å². The van der Waals surface area contributed by atoms with Gasteiger partial charge in [-0.15, -0.1) is 0 Å². The molecule has 0 radical (unpaired) electrons. The maximum absolute atomic E-state index is 4.55. The molecule has 0 atom stereocenters. The number of rotatable bonds is 6. The molecule has 0 spiro atoms. The summed E-state index contributed by atoms with van der Waals surface area (Å²) in [6.07, 6.45) is 14.7. The van der Waals surface area contributed by atoms with E-state index in [9.17, 15) is 0 Å². The van der Waals surface area contributed by atoms with Gasteiger partial charge in [-0.1, -0.05) is 55.2 Å². The monoisotopic (exact) mass is 315 g/mol. The van der Waals surface area contributed by atoms with Crippen LogP contribution in [0.2, 0.25) is 0 Å². The predicted molar refractivity (Wildman–Crippen MR) is 103 cm³/mol. The lowest BCUT2D eigenvalue weighted by molar-refractivity contribution is 0.298. The molecule has 1 aliphatic rings. The Morgan fingerprint density at radius 3 is 2.27 bits per heavy atom. The molecular weight excluding hydrogens is 286 g/mol. The number of hydrogen-bond donors (Lipinski definition) is 1. The lowest BCUT2D eigenvalue weighted by Crippen LogP contribution is -2.33. The van der Waals surface area contributed by atoms with E-state index < -0.39 is 0 Å². The summed E-state index contributed by atoms with van der Waals surface area (Å²) in [5.41, 5.74) is 4.46. The molecule has 1 heterocycles. The fraction of sp³-hybridized carbons (Fsp3) is 0.400. The standard InChI is InChI=1S/C20H29NS/c1-6-8-16(3)15-17(4)9-10-19(7-2)18(5)21-13-11-20(22)12-14-21/h6-10,15,20,22H,4-5,11-14H2,1-3H3/b8-6-,10-9+,16-15-,19-7+. The molecule has 1 fully saturated rings. The van der Waals surface area contributed by atoms with Crippen LogP contribution in [-0.2, 0) is 0 Å². The summed E-state index contributed by atoms with van der Waals surface area (Å²) in [5.74, 6) is 0. The number of likely N-dealkylation sites (tertiary alicyclic amines) is 1. The van der Waals surface area contributed by atoms with E-state index in [-0.39, 0.29) is 0 Å². The molecular formula is C20H29NS. The van der Waals surface area contributed by atoms with E-state index in [0.29, 0.717) is 5.25 Å². The van der Waals surface area contributed by atoms with Gasteiger partial charge in [0.05, 0.1) is 0 Å². The lowest BCUT2D eigenvalue weighted by atomic mass is 10.1. The first-order valence-corrected chi connectivity index (χ1v) is 8.46. The van der Waals surface area contributed by atoms with Crippen LogP contribution in [0.1, 0.15) is 33.6 Å². The first kappa shape index (κ1) is 18.6. The zero-order chi connectivity index (χ0) is 16.5. The fourth-order valence-corrected chi connectivity index (χ4v) is 2.76. The molecule has 0 aromatic rings. The van der Waals surface area contributed by atoms with E-state index in [1.165, 1.54) is 5.57 Å². The van der Waals surface area contributed by atoms with E-state index in [1.54, 1.807) is 0 Å². The van der Waals surface area contributed by atoms with E-state index in [0.717, 1.165) is 42.8 Å². The topological polar surface area (TPSA) is 3.24 Å². The molecule has 0 saturated carbocycles. The summed E-state index contributed by atoms with van der Waals surface area (Å²) in [4.78, 5) is 2.36. The van der Waals surface area contributed by atoms with Gasteiger partial charge in [0, 0.05) is 24.0 Å². The van der Waals surface area contributed by atoms with Crippen molar-refractivity contribution in [3.63, 3.8) is 0 Å². The highest BCUT2D eigenvalue weighted by molar-refractivity contribution is 7.80. The molecule has 0 bridgehead atoms. The lowest BCUT2D eigenvalue weighted by Gasteiger charge is -2.33. The van der Waals surface area contributed by atoms with E-state index >= 15 is 0 Å². The van der Waals surface area contributed by atoms with Gasteiger partial charge >= 0.3 is 0 Å². The molecule has 0 unspecified atom stereocenters. The van der Waals surface area contributed by atoms with Crippen LogP contribution in [0.25, 0.3) is 0 Å². The Balaban J connectivity index is 2.68. The van der Waals surface area contributed by atoms with Crippen molar-refractivity contribution in [1.29, 1.82) is 0 Å². The summed E-state index contributed by atoms with van der Waals surface area (Å²) in [6.45, 7) is 16.6. The summed E-state index contributed by atoms with van der Waals surface area (Å²) in [5, 5.41) is 0.535. The number of thiol groups is 1. The minimum atomic E-state index is 0.535. The normalized spacial score (nSPS) is 18.5. The van der Waals surface area contributed by atoms with Gasteiger partial charge in [0.1, 0.15) is 0 Å². The van der Waals surface area contributed by atoms with Crippen molar-refractivity contribution in [2.75, 3.05) is 13.1 Å². The van der Waals surface area contributed by atoms with Crippen molar-refractivity contribution in [3.05, 3.63) is 72.0 Å². The number of nitrogens with zero attached hydrogens (tertiary/aromatic N) is 1. The molecule has 0 amide bonds. The molecule has 120 valence electrons. The Hall–Kier alpha value is -1.41. The minimum Gasteiger partial charge on any atom is -0.371 e. The predicted octanol–water partition coefficient (Wildman–Crippen LogP) is 5.48. The van der Waals surface area contributed by atoms with E-state index in [4.69, 9.17) is 0 Å². The summed E-state index contributed by atoms with van der Waals surface area (Å²) >= 11 is 4.55. The number of hydrogen-bond acceptors (Lipinski definition) is 2. The quantitative estimate of drug-likeness (QED) is 0.502. The second-order valence-corrected chi connectivity index (χ2v) is 6.44. The molecule has 1 saturated heterocycles. The van der Waals surface area contributed by atoms with Crippen molar-refractivity contribution < 1.29 is 0 Å². The molecule has 1 aliphatic heterocycles. The third-order valence-corrected chi connectivity index (χ3v) is 4.33. The molecule has 22 heavy (non-hydrogen) atoms. The zero-order valence-corrected chi connectivity index (χ0v) is 15.1. The third-order valence-electron chi connectivity index (χ3n) is 3.81. The average molecular weight is 316 g/mol. The highest BCUT2D eigenvalue weighted by atomic mass is 32.1. The van der Waals surface area contributed by atoms with Crippen LogP contribution in [-0.4, -0.2) is 23.2 Å². The summed E-state index contributed by atoms with van der Waals surface area (Å²) in [7, 11) is 0. The Bertz CT molecular complexity index is 512. The second-order valence-electron chi connectivity index (χ2n) is 5.71. The highest BCUT2D eigenvalue weighted by Crippen LogP contribution is 2.23. The van der Waals surface area contributed by atoms with Gasteiger partial charge in [0.25, 0.3) is 0 Å². The van der Waals surface area contributed by atoms with Gasteiger partial charge in [-0.3, -0.25) is 0 Å². The SMILES string of the molecule is C=C(/C=C(C)\C=C/C)/C=C/C(=C\C)C(=C)N1CCC(S)CC1. The van der Waals surface area contributed by atoms with Crippen LogP contribution in [0.4, 0.5) is 0 Å². The Morgan fingerprint density at radius 1 is 1.09 bits per heavy atom. The van der Waals surface area contributed by atoms with Crippen molar-refractivity contribution in [2.24, 2.45) is 0 Å². The molecule has 0 aromatic carbocycles. The van der Waals surface area contributed by atoms with Crippen LogP contribution < -0.4 is 0 Å². The smallest absolute Gasteiger partial charge is 0.0363 e. The fourth-order valence-electron chi connectivity index (χ4n) is 2.53. The second kappa shape index (κ2) is 9.58. The van der Waals surface area contributed by atoms with Crippen molar-refractivity contribution in [2.45, 2.75) is 38.9 Å². The molecule has 0 aromatic heterocycles. The molecule has 0 aliphatic carbocycles. The van der Waals surface area contributed by atoms with E-state index in [1.807, 2.05) is 13.0 Å². The zero-order valence-electron chi connectivity index (χ0n) is 14.2. The minimum absolute atomic E-state index is 0.535. The van der Waals surface area contributed by atoms with Crippen LogP contribution >= 0.6 is 12.6 Å². The molecule has 1 rings (SSSR count). The molecule has 1 nitrogen and oxygen atoms in total. The maximum Gasteiger partial charge on any atom is 0.0363 e. The Labute approximate surface area is 141 Å². The van der Waals surface area contributed by atoms with E-state index in [2.05, 4.69) is 74.9 Å². The van der Waals surface area contributed by atoms with Gasteiger partial charge in [0.2, 0.25) is 0 Å². The van der Waals surface area contributed by atoms with Gasteiger partial charge in [-0.2, -0.15) is 12.6 Å². The van der Waals surface area contributed by atoms with Gasteiger partial charge in [-0.05, 0) is 44.8 Å². The first-order chi connectivity index (χ1) is 10.5. The Kier molecular flexibility index (Phi) is 8.11. The summed E-state index contributed by atoms with van der Waals surface area (Å²) in [6, 6.07) is 0. The van der Waals surface area contributed by atoms with Crippen LogP contribution in [0, 0.1) is 0 Å². The van der Waals surface area contributed by atoms with Crippen molar-refractivity contribution >= 4 is 12.6 Å². The maximum atomic E-state index is 4.55. The summed E-state index contributed by atoms with van der Waals surface area (Å²) < 4.78 is 0. The number of allylic oxidation sites excluding steroid dienone is 8. The van der Waals surface area contributed by atoms with Crippen LogP contribution in [0.5, 0.6) is 0 Å². The molecule has 2 heteroatoms. The number of piperidine rings is 1. The van der Waals surface area contributed by atoms with Crippen LogP contribution in [0.15, 0.2) is 72.0 Å². The van der Waals surface area contributed by atoms with Crippen molar-refractivity contribution in [3.8, 4) is 0 Å². The Morgan fingerprint density at radius 2 is 1.73 bits per heavy atom. The third kappa shape index (κ3) is 6.15. The molecule has 0 N–H and O–H groups in total. The highest BCUT2D eigenvalue weighted by Gasteiger charge is 2.18. The average Bonchev–Trinajstić information content (AvgIpc) is 2.48. The van der Waals surface area contributed by atoms with Gasteiger partial charge < -0.3 is 4.90 Å². The largest absolute Gasteiger partial charge is 0.371 e. The van der Waals surface area contributed by atoms with Gasteiger partial charge in [-0.25, -0.2) is 0 Å².